The molecular weight excluding hydrogens is 298 g/mol. The lowest BCUT2D eigenvalue weighted by Gasteiger charge is -2.19. The van der Waals surface area contributed by atoms with Gasteiger partial charge in [0.2, 0.25) is 0 Å². The van der Waals surface area contributed by atoms with E-state index in [1.54, 1.807) is 41.8 Å². The van der Waals surface area contributed by atoms with Crippen LogP contribution < -0.4 is 10.4 Å². The number of amides is 1. The summed E-state index contributed by atoms with van der Waals surface area (Å²) in [5.74, 6) is -1.55. The zero-order valence-corrected chi connectivity index (χ0v) is 11.9. The Balaban J connectivity index is 2.20. The molecule has 20 heavy (non-hydrogen) atoms. The van der Waals surface area contributed by atoms with E-state index in [4.69, 9.17) is 11.6 Å². The summed E-state index contributed by atoms with van der Waals surface area (Å²) in [4.78, 5) is 23.4. The number of carbonyl (C=O) groups is 2. The fraction of sp³-hybridized carbons (Fsp3) is 0.143. The molecule has 0 radical (unpaired) electrons. The van der Waals surface area contributed by atoms with Gasteiger partial charge in [-0.1, -0.05) is 29.8 Å². The Morgan fingerprint density at radius 1 is 1.30 bits per heavy atom. The first-order chi connectivity index (χ1) is 9.56. The minimum absolute atomic E-state index is 0.308. The number of aliphatic carboxylic acids is 1. The Hall–Kier alpha value is -1.85. The molecule has 4 nitrogen and oxygen atoms in total. The summed E-state index contributed by atoms with van der Waals surface area (Å²) in [7, 11) is 0. The quantitative estimate of drug-likeness (QED) is 0.918. The van der Waals surface area contributed by atoms with Crippen molar-refractivity contribution in [3.8, 4) is 0 Å². The second-order valence-electron chi connectivity index (χ2n) is 4.13. The Morgan fingerprint density at radius 2 is 2.10 bits per heavy atom. The number of carboxylic acid groups (broad SMARTS) is 1. The molecule has 0 saturated carbocycles. The predicted molar refractivity (Wildman–Crippen MR) is 75.6 cm³/mol. The van der Waals surface area contributed by atoms with Crippen LogP contribution in [0.3, 0.4) is 0 Å². The molecule has 104 valence electrons. The fourth-order valence-electron chi connectivity index (χ4n) is 1.78. The third-order valence-corrected chi connectivity index (χ3v) is 3.78. The second-order valence-corrected chi connectivity index (χ2v) is 5.52. The average Bonchev–Trinajstić information content (AvgIpc) is 2.91. The van der Waals surface area contributed by atoms with E-state index in [1.807, 2.05) is 0 Å². The molecule has 6 heteroatoms. The van der Waals surface area contributed by atoms with Crippen molar-refractivity contribution in [2.24, 2.45) is 0 Å². The third kappa shape index (κ3) is 3.82. The number of thiophene rings is 1. The molecule has 2 aromatic rings. The van der Waals surface area contributed by atoms with Gasteiger partial charge in [-0.15, -0.1) is 11.3 Å². The van der Waals surface area contributed by atoms with Crippen LogP contribution >= 0.6 is 22.9 Å². The van der Waals surface area contributed by atoms with Crippen molar-refractivity contribution in [1.82, 2.24) is 5.32 Å². The molecular formula is C14H11ClNO3S-. The van der Waals surface area contributed by atoms with E-state index in [-0.39, 0.29) is 12.3 Å². The number of carbonyl (C=O) groups excluding carboxylic acids is 2. The molecule has 0 bridgehead atoms. The van der Waals surface area contributed by atoms with Gasteiger partial charge >= 0.3 is 0 Å². The molecule has 1 heterocycles. The predicted octanol–water partition coefficient (Wildman–Crippen LogP) is 2.01. The van der Waals surface area contributed by atoms with Crippen molar-refractivity contribution in [2.45, 2.75) is 12.5 Å². The highest BCUT2D eigenvalue weighted by Crippen LogP contribution is 2.21. The minimum Gasteiger partial charge on any atom is -0.550 e. The van der Waals surface area contributed by atoms with E-state index in [1.165, 1.54) is 11.3 Å². The van der Waals surface area contributed by atoms with Crippen LogP contribution in [0, 0.1) is 0 Å². The van der Waals surface area contributed by atoms with Gasteiger partial charge in [0.05, 0.1) is 10.9 Å². The Morgan fingerprint density at radius 3 is 2.70 bits per heavy atom. The number of halogens is 1. The third-order valence-electron chi connectivity index (χ3n) is 2.67. The molecule has 2 rings (SSSR count). The standard InChI is InChI=1S/C14H12ClNO3S/c15-10-4-1-3-9(7-10)11(8-13(17)18)16-14(19)12-5-2-6-20-12/h1-7,11H,8H2,(H,16,19)(H,17,18)/p-1/t11-/m0/s1. The molecule has 1 amide bonds. The summed E-state index contributed by atoms with van der Waals surface area (Å²) >= 11 is 7.18. The topological polar surface area (TPSA) is 69.2 Å². The number of benzene rings is 1. The largest absolute Gasteiger partial charge is 0.550 e. The average molecular weight is 309 g/mol. The molecule has 0 spiro atoms. The highest BCUT2D eigenvalue weighted by atomic mass is 35.5. The van der Waals surface area contributed by atoms with Gasteiger partial charge in [-0.05, 0) is 29.1 Å². The first-order valence-corrected chi connectivity index (χ1v) is 7.11. The van der Waals surface area contributed by atoms with Crippen molar-refractivity contribution in [1.29, 1.82) is 0 Å². The lowest BCUT2D eigenvalue weighted by atomic mass is 10.0. The van der Waals surface area contributed by atoms with E-state index in [0.717, 1.165) is 0 Å². The maximum atomic E-state index is 12.0. The van der Waals surface area contributed by atoms with Gasteiger partial charge in [0.25, 0.3) is 5.91 Å². The summed E-state index contributed by atoms with van der Waals surface area (Å²) in [6.07, 6.45) is -0.308. The van der Waals surface area contributed by atoms with Crippen LogP contribution in [-0.2, 0) is 4.79 Å². The molecule has 0 aliphatic heterocycles. The van der Waals surface area contributed by atoms with Gasteiger partial charge in [-0.2, -0.15) is 0 Å². The highest BCUT2D eigenvalue weighted by Gasteiger charge is 2.17. The van der Waals surface area contributed by atoms with Crippen LogP contribution in [0.2, 0.25) is 5.02 Å². The van der Waals surface area contributed by atoms with Crippen molar-refractivity contribution in [3.63, 3.8) is 0 Å². The van der Waals surface area contributed by atoms with Crippen molar-refractivity contribution < 1.29 is 14.7 Å². The van der Waals surface area contributed by atoms with E-state index >= 15 is 0 Å². The second kappa shape index (κ2) is 6.54. The molecule has 1 aromatic heterocycles. The van der Waals surface area contributed by atoms with Gasteiger partial charge in [0.15, 0.2) is 0 Å². The van der Waals surface area contributed by atoms with Crippen LogP contribution in [0.4, 0.5) is 0 Å². The van der Waals surface area contributed by atoms with Gasteiger partial charge < -0.3 is 15.2 Å². The van der Waals surface area contributed by atoms with E-state index < -0.39 is 12.0 Å². The van der Waals surface area contributed by atoms with Crippen molar-refractivity contribution in [3.05, 3.63) is 57.2 Å². The monoisotopic (exact) mass is 308 g/mol. The zero-order chi connectivity index (χ0) is 14.5. The van der Waals surface area contributed by atoms with E-state index in [2.05, 4.69) is 5.32 Å². The van der Waals surface area contributed by atoms with Crippen molar-refractivity contribution in [2.75, 3.05) is 0 Å². The van der Waals surface area contributed by atoms with Gasteiger partial charge in [0.1, 0.15) is 0 Å². The Kier molecular flexibility index (Phi) is 4.76. The Bertz CT molecular complexity index is 613. The molecule has 1 aromatic carbocycles. The molecule has 0 unspecified atom stereocenters. The molecule has 1 atom stereocenters. The summed E-state index contributed by atoms with van der Waals surface area (Å²) in [6, 6.07) is 9.49. The summed E-state index contributed by atoms with van der Waals surface area (Å²) < 4.78 is 0. The van der Waals surface area contributed by atoms with E-state index in [0.29, 0.717) is 15.5 Å². The molecule has 0 saturated heterocycles. The van der Waals surface area contributed by atoms with Crippen molar-refractivity contribution >= 4 is 34.8 Å². The van der Waals surface area contributed by atoms with Crippen LogP contribution in [0.25, 0.3) is 0 Å². The maximum Gasteiger partial charge on any atom is 0.261 e. The van der Waals surface area contributed by atoms with E-state index in [9.17, 15) is 14.7 Å². The normalized spacial score (nSPS) is 11.8. The van der Waals surface area contributed by atoms with Gasteiger partial charge in [-0.3, -0.25) is 4.79 Å². The number of nitrogens with one attached hydrogen (secondary N) is 1. The lowest BCUT2D eigenvalue weighted by Crippen LogP contribution is -2.33. The first-order valence-electron chi connectivity index (χ1n) is 5.86. The molecule has 0 aliphatic carbocycles. The SMILES string of the molecule is O=C([O-])C[C@H](NC(=O)c1cccs1)c1cccc(Cl)c1. The number of carboxylic acids is 1. The van der Waals surface area contributed by atoms with Crippen LogP contribution in [0.1, 0.15) is 27.7 Å². The van der Waals surface area contributed by atoms with Crippen LogP contribution in [0.5, 0.6) is 0 Å². The zero-order valence-electron chi connectivity index (χ0n) is 10.3. The number of hydrogen-bond donors (Lipinski definition) is 1. The Labute approximate surface area is 125 Å². The van der Waals surface area contributed by atoms with Gasteiger partial charge in [0, 0.05) is 17.4 Å². The van der Waals surface area contributed by atoms with Crippen LogP contribution in [-0.4, -0.2) is 11.9 Å². The minimum atomic E-state index is -1.23. The summed E-state index contributed by atoms with van der Waals surface area (Å²) in [6.45, 7) is 0. The van der Waals surface area contributed by atoms with Crippen LogP contribution in [0.15, 0.2) is 41.8 Å². The molecule has 0 fully saturated rings. The number of rotatable bonds is 5. The summed E-state index contributed by atoms with van der Waals surface area (Å²) in [5.41, 5.74) is 0.631. The van der Waals surface area contributed by atoms with Gasteiger partial charge in [-0.25, -0.2) is 0 Å². The number of hydrogen-bond acceptors (Lipinski definition) is 4. The summed E-state index contributed by atoms with van der Waals surface area (Å²) in [5, 5.41) is 15.8. The lowest BCUT2D eigenvalue weighted by molar-refractivity contribution is -0.306. The smallest absolute Gasteiger partial charge is 0.261 e. The maximum absolute atomic E-state index is 12.0. The highest BCUT2D eigenvalue weighted by molar-refractivity contribution is 7.12. The molecule has 0 aliphatic rings. The fourth-order valence-corrected chi connectivity index (χ4v) is 2.60. The first kappa shape index (κ1) is 14.6. The molecule has 1 N–H and O–H groups in total.